The summed E-state index contributed by atoms with van der Waals surface area (Å²) in [7, 11) is 3.69. The monoisotopic (exact) mass is 267 g/mol. The van der Waals surface area contributed by atoms with E-state index in [0.717, 1.165) is 12.1 Å². The molecule has 2 N–H and O–H groups in total. The number of aromatic nitrogens is 5. The van der Waals surface area contributed by atoms with E-state index in [2.05, 4.69) is 30.2 Å². The van der Waals surface area contributed by atoms with Gasteiger partial charge in [-0.2, -0.15) is 15.0 Å². The first-order valence-corrected chi connectivity index (χ1v) is 5.83. The van der Waals surface area contributed by atoms with Crippen molar-refractivity contribution < 1.29 is 0 Å². The average Bonchev–Trinajstić information content (AvgIpc) is 2.81. The van der Waals surface area contributed by atoms with Crippen LogP contribution < -0.4 is 10.2 Å². The highest BCUT2D eigenvalue weighted by Gasteiger charge is 2.06. The predicted octanol–water partition coefficient (Wildman–Crippen LogP) is 0.969. The quantitative estimate of drug-likeness (QED) is 0.840. The maximum absolute atomic E-state index is 5.83. The summed E-state index contributed by atoms with van der Waals surface area (Å²) < 4.78 is 0. The van der Waals surface area contributed by atoms with Crippen molar-refractivity contribution in [1.82, 2.24) is 24.9 Å². The third kappa shape index (κ3) is 3.30. The zero-order valence-electron chi connectivity index (χ0n) is 10.2. The van der Waals surface area contributed by atoms with Gasteiger partial charge in [0, 0.05) is 39.0 Å². The van der Waals surface area contributed by atoms with Crippen LogP contribution in [0.2, 0.25) is 5.28 Å². The Morgan fingerprint density at radius 2 is 2.17 bits per heavy atom. The van der Waals surface area contributed by atoms with Crippen molar-refractivity contribution >= 4 is 23.5 Å². The van der Waals surface area contributed by atoms with Crippen LogP contribution in [0, 0.1) is 0 Å². The Morgan fingerprint density at radius 3 is 2.83 bits per heavy atom. The summed E-state index contributed by atoms with van der Waals surface area (Å²) in [6.45, 7) is 0.690. The summed E-state index contributed by atoms with van der Waals surface area (Å²) in [4.78, 5) is 21.0. The standard InChI is InChI=1S/C10H14ClN7/c1-18(2)10-16-8(11)15-9(17-10)13-4-3-7-5-12-6-14-7/h5-6H,3-4H2,1-2H3,(H,12,14)(H,13,15,16,17). The van der Waals surface area contributed by atoms with E-state index in [1.807, 2.05) is 14.1 Å². The Bertz CT molecular complexity index is 497. The maximum Gasteiger partial charge on any atom is 0.230 e. The molecule has 0 aliphatic rings. The molecule has 0 radical (unpaired) electrons. The molecule has 0 aliphatic heterocycles. The molecule has 18 heavy (non-hydrogen) atoms. The number of halogens is 1. The summed E-state index contributed by atoms with van der Waals surface area (Å²) in [5.41, 5.74) is 1.05. The van der Waals surface area contributed by atoms with Gasteiger partial charge in [-0.25, -0.2) is 4.98 Å². The lowest BCUT2D eigenvalue weighted by molar-refractivity contribution is 0.918. The van der Waals surface area contributed by atoms with Gasteiger partial charge in [0.15, 0.2) is 0 Å². The molecule has 0 saturated heterocycles. The lowest BCUT2D eigenvalue weighted by Gasteiger charge is -2.11. The van der Waals surface area contributed by atoms with Crippen molar-refractivity contribution in [3.63, 3.8) is 0 Å². The molecule has 0 aliphatic carbocycles. The molecule has 2 aromatic rings. The molecule has 0 bridgehead atoms. The number of nitrogens with one attached hydrogen (secondary N) is 2. The number of imidazole rings is 1. The van der Waals surface area contributed by atoms with Crippen LogP contribution >= 0.6 is 11.6 Å². The fourth-order valence-electron chi connectivity index (χ4n) is 1.35. The van der Waals surface area contributed by atoms with Crippen LogP contribution in [0.3, 0.4) is 0 Å². The molecule has 7 nitrogen and oxygen atoms in total. The number of anilines is 2. The van der Waals surface area contributed by atoms with Gasteiger partial charge in [-0.1, -0.05) is 0 Å². The number of rotatable bonds is 5. The number of hydrogen-bond acceptors (Lipinski definition) is 6. The van der Waals surface area contributed by atoms with E-state index in [0.29, 0.717) is 18.4 Å². The normalized spacial score (nSPS) is 10.4. The molecule has 8 heteroatoms. The highest BCUT2D eigenvalue weighted by Crippen LogP contribution is 2.11. The molecule has 0 spiro atoms. The van der Waals surface area contributed by atoms with Crippen LogP contribution in [0.4, 0.5) is 11.9 Å². The Morgan fingerprint density at radius 1 is 1.33 bits per heavy atom. The average molecular weight is 268 g/mol. The Labute approximate surface area is 110 Å². The van der Waals surface area contributed by atoms with Crippen LogP contribution in [0.5, 0.6) is 0 Å². The molecule has 0 saturated carbocycles. The molecule has 0 fully saturated rings. The summed E-state index contributed by atoms with van der Waals surface area (Å²) in [6.07, 6.45) is 4.24. The van der Waals surface area contributed by atoms with Crippen molar-refractivity contribution in [3.8, 4) is 0 Å². The molecule has 2 aromatic heterocycles. The van der Waals surface area contributed by atoms with Crippen LogP contribution in [0.1, 0.15) is 5.69 Å². The van der Waals surface area contributed by atoms with E-state index in [4.69, 9.17) is 11.6 Å². The first-order chi connectivity index (χ1) is 8.65. The lowest BCUT2D eigenvalue weighted by Crippen LogP contribution is -2.16. The topological polar surface area (TPSA) is 82.6 Å². The van der Waals surface area contributed by atoms with Gasteiger partial charge >= 0.3 is 0 Å². The van der Waals surface area contributed by atoms with Gasteiger partial charge in [0.05, 0.1) is 6.33 Å². The third-order valence-electron chi connectivity index (χ3n) is 2.23. The summed E-state index contributed by atoms with van der Waals surface area (Å²) in [6, 6.07) is 0. The molecular formula is C10H14ClN7. The largest absolute Gasteiger partial charge is 0.354 e. The summed E-state index contributed by atoms with van der Waals surface area (Å²) in [5, 5.41) is 3.28. The molecule has 96 valence electrons. The number of H-pyrrole nitrogens is 1. The van der Waals surface area contributed by atoms with Crippen molar-refractivity contribution in [2.75, 3.05) is 30.9 Å². The lowest BCUT2D eigenvalue weighted by atomic mass is 10.3. The Balaban J connectivity index is 1.96. The first-order valence-electron chi connectivity index (χ1n) is 5.45. The number of hydrogen-bond donors (Lipinski definition) is 2. The van der Waals surface area contributed by atoms with Gasteiger partial charge in [-0.3, -0.25) is 0 Å². The second-order valence-electron chi connectivity index (χ2n) is 3.88. The molecular weight excluding hydrogens is 254 g/mol. The van der Waals surface area contributed by atoms with Gasteiger partial charge in [-0.05, 0) is 11.6 Å². The van der Waals surface area contributed by atoms with Gasteiger partial charge in [0.25, 0.3) is 0 Å². The van der Waals surface area contributed by atoms with Crippen molar-refractivity contribution in [2.24, 2.45) is 0 Å². The highest BCUT2D eigenvalue weighted by atomic mass is 35.5. The minimum Gasteiger partial charge on any atom is -0.354 e. The van der Waals surface area contributed by atoms with Crippen LogP contribution in [0.15, 0.2) is 12.5 Å². The zero-order chi connectivity index (χ0) is 13.0. The number of aromatic amines is 1. The van der Waals surface area contributed by atoms with Crippen LogP contribution in [0.25, 0.3) is 0 Å². The zero-order valence-corrected chi connectivity index (χ0v) is 10.9. The Hall–Kier alpha value is -1.89. The van der Waals surface area contributed by atoms with E-state index < -0.39 is 0 Å². The highest BCUT2D eigenvalue weighted by molar-refractivity contribution is 6.28. The van der Waals surface area contributed by atoms with E-state index in [9.17, 15) is 0 Å². The van der Waals surface area contributed by atoms with Crippen LogP contribution in [-0.2, 0) is 6.42 Å². The van der Waals surface area contributed by atoms with Gasteiger partial charge in [0.1, 0.15) is 0 Å². The van der Waals surface area contributed by atoms with Crippen molar-refractivity contribution in [3.05, 3.63) is 23.5 Å². The molecule has 0 amide bonds. The molecule has 0 atom stereocenters. The fourth-order valence-corrected chi connectivity index (χ4v) is 1.50. The smallest absolute Gasteiger partial charge is 0.230 e. The predicted molar refractivity (Wildman–Crippen MR) is 69.9 cm³/mol. The van der Waals surface area contributed by atoms with Gasteiger partial charge in [0.2, 0.25) is 17.2 Å². The molecule has 0 unspecified atom stereocenters. The molecule has 2 heterocycles. The minimum absolute atomic E-state index is 0.178. The SMILES string of the molecule is CN(C)c1nc(Cl)nc(NCCc2cnc[nH]2)n1. The third-order valence-corrected chi connectivity index (χ3v) is 2.40. The second-order valence-corrected chi connectivity index (χ2v) is 4.21. The summed E-state index contributed by atoms with van der Waals surface area (Å²) >= 11 is 5.83. The van der Waals surface area contributed by atoms with E-state index in [1.54, 1.807) is 17.4 Å². The van der Waals surface area contributed by atoms with Crippen molar-refractivity contribution in [2.45, 2.75) is 6.42 Å². The van der Waals surface area contributed by atoms with E-state index >= 15 is 0 Å². The second kappa shape index (κ2) is 5.63. The number of nitrogens with zero attached hydrogens (tertiary/aromatic N) is 5. The molecule has 2 rings (SSSR count). The van der Waals surface area contributed by atoms with Gasteiger partial charge in [-0.15, -0.1) is 0 Å². The maximum atomic E-state index is 5.83. The van der Waals surface area contributed by atoms with Crippen LogP contribution in [-0.4, -0.2) is 45.6 Å². The Kier molecular flexibility index (Phi) is 3.93. The summed E-state index contributed by atoms with van der Waals surface area (Å²) in [5.74, 6) is 0.997. The van der Waals surface area contributed by atoms with Gasteiger partial charge < -0.3 is 15.2 Å². The van der Waals surface area contributed by atoms with E-state index in [1.165, 1.54) is 0 Å². The molecule has 0 aromatic carbocycles. The first kappa shape index (κ1) is 12.6. The minimum atomic E-state index is 0.178. The fraction of sp³-hybridized carbons (Fsp3) is 0.400. The van der Waals surface area contributed by atoms with Crippen molar-refractivity contribution in [1.29, 1.82) is 0 Å². The van der Waals surface area contributed by atoms with E-state index in [-0.39, 0.29) is 5.28 Å².